The summed E-state index contributed by atoms with van der Waals surface area (Å²) in [5.74, 6) is -3.32. The number of alkyl carbamates (subject to hydrolysis) is 1. The first-order valence-electron chi connectivity index (χ1n) is 9.54. The van der Waals surface area contributed by atoms with Crippen molar-refractivity contribution in [3.05, 3.63) is 35.9 Å². The first-order valence-corrected chi connectivity index (χ1v) is 9.54. The molecule has 0 aliphatic carbocycles. The lowest BCUT2D eigenvalue weighted by molar-refractivity contribution is -0.149. The molecule has 0 fully saturated rings. The Morgan fingerprint density at radius 3 is 2.37 bits per heavy atom. The third kappa shape index (κ3) is 9.87. The Morgan fingerprint density at radius 2 is 1.77 bits per heavy atom. The molecule has 10 heteroatoms. The summed E-state index contributed by atoms with van der Waals surface area (Å²) in [5.41, 5.74) is 0.796. The zero-order valence-electron chi connectivity index (χ0n) is 17.0. The van der Waals surface area contributed by atoms with Crippen molar-refractivity contribution < 1.29 is 38.9 Å². The minimum atomic E-state index is -1.31. The summed E-state index contributed by atoms with van der Waals surface area (Å²) < 4.78 is 9.80. The van der Waals surface area contributed by atoms with Crippen LogP contribution in [0.4, 0.5) is 4.79 Å². The summed E-state index contributed by atoms with van der Waals surface area (Å²) in [4.78, 5) is 46.6. The van der Waals surface area contributed by atoms with E-state index in [1.807, 2.05) is 6.07 Å². The van der Waals surface area contributed by atoms with Crippen molar-refractivity contribution in [2.24, 2.45) is 5.92 Å². The van der Waals surface area contributed by atoms with Crippen LogP contribution in [-0.4, -0.2) is 59.4 Å². The van der Waals surface area contributed by atoms with Gasteiger partial charge in [0.25, 0.3) is 0 Å². The predicted octanol–water partition coefficient (Wildman–Crippen LogP) is 0.823. The fourth-order valence-electron chi connectivity index (χ4n) is 2.47. The van der Waals surface area contributed by atoms with E-state index in [9.17, 15) is 29.4 Å². The van der Waals surface area contributed by atoms with E-state index in [0.29, 0.717) is 0 Å². The number of carboxylic acid groups (broad SMARTS) is 1. The van der Waals surface area contributed by atoms with Crippen molar-refractivity contribution in [2.45, 2.75) is 45.4 Å². The van der Waals surface area contributed by atoms with Crippen molar-refractivity contribution >= 4 is 23.9 Å². The zero-order valence-corrected chi connectivity index (χ0v) is 17.0. The van der Waals surface area contributed by atoms with Crippen LogP contribution >= 0.6 is 0 Å². The predicted molar refractivity (Wildman–Crippen MR) is 105 cm³/mol. The molecule has 0 aliphatic rings. The van der Waals surface area contributed by atoms with Gasteiger partial charge in [-0.25, -0.2) is 9.59 Å². The average Bonchev–Trinajstić information content (AvgIpc) is 2.70. The number of carboxylic acids is 1. The standard InChI is InChI=1S/C20H28N2O8/c1-3-29-19(27)13(2)9-16(18(25)26)22-17(24)10-15(23)11-21-20(28)30-12-14-7-5-4-6-8-14/h4-8,13,15-16,23H,3,9-12H2,1-2H3,(H,21,28)(H,22,24)(H,25,26)/t13-,15+,16-/m0/s1. The van der Waals surface area contributed by atoms with Gasteiger partial charge in [0, 0.05) is 6.54 Å². The van der Waals surface area contributed by atoms with Crippen LogP contribution in [0.5, 0.6) is 0 Å². The molecule has 0 spiro atoms. The Kier molecular flexibility index (Phi) is 10.9. The fourth-order valence-corrected chi connectivity index (χ4v) is 2.47. The number of benzene rings is 1. The summed E-state index contributed by atoms with van der Waals surface area (Å²) in [5, 5.41) is 23.7. The van der Waals surface area contributed by atoms with Crippen LogP contribution < -0.4 is 10.6 Å². The van der Waals surface area contributed by atoms with Crippen molar-refractivity contribution in [2.75, 3.05) is 13.2 Å². The molecule has 0 saturated carbocycles. The molecule has 166 valence electrons. The molecule has 30 heavy (non-hydrogen) atoms. The quantitative estimate of drug-likeness (QED) is 0.360. The van der Waals surface area contributed by atoms with Crippen LogP contribution in [0, 0.1) is 5.92 Å². The monoisotopic (exact) mass is 424 g/mol. The van der Waals surface area contributed by atoms with Gasteiger partial charge in [0.05, 0.1) is 25.0 Å². The lowest BCUT2D eigenvalue weighted by atomic mass is 10.0. The summed E-state index contributed by atoms with van der Waals surface area (Å²) in [6.07, 6.45) is -2.59. The molecule has 1 aromatic carbocycles. The van der Waals surface area contributed by atoms with Gasteiger partial charge >= 0.3 is 18.0 Å². The number of hydrogen-bond donors (Lipinski definition) is 4. The van der Waals surface area contributed by atoms with Crippen molar-refractivity contribution in [3.8, 4) is 0 Å². The average molecular weight is 424 g/mol. The van der Waals surface area contributed by atoms with Gasteiger partial charge in [-0.05, 0) is 18.9 Å². The molecule has 4 N–H and O–H groups in total. The van der Waals surface area contributed by atoms with Crippen LogP contribution in [0.2, 0.25) is 0 Å². The van der Waals surface area contributed by atoms with Crippen LogP contribution in [0.1, 0.15) is 32.3 Å². The minimum Gasteiger partial charge on any atom is -0.480 e. The molecule has 0 bridgehead atoms. The summed E-state index contributed by atoms with van der Waals surface area (Å²) in [7, 11) is 0. The topological polar surface area (TPSA) is 151 Å². The van der Waals surface area contributed by atoms with Gasteiger partial charge in [0.15, 0.2) is 0 Å². The number of ether oxygens (including phenoxy) is 2. The molecule has 0 aliphatic heterocycles. The van der Waals surface area contributed by atoms with Gasteiger partial charge < -0.3 is 30.3 Å². The SMILES string of the molecule is CCOC(=O)[C@@H](C)C[C@H](NC(=O)C[C@@H](O)CNC(=O)OCc1ccccc1)C(=O)O. The van der Waals surface area contributed by atoms with E-state index in [4.69, 9.17) is 9.47 Å². The van der Waals surface area contributed by atoms with E-state index in [1.54, 1.807) is 31.2 Å². The lowest BCUT2D eigenvalue weighted by Crippen LogP contribution is -2.44. The molecule has 0 heterocycles. The van der Waals surface area contributed by atoms with Crippen molar-refractivity contribution in [3.63, 3.8) is 0 Å². The van der Waals surface area contributed by atoms with Crippen LogP contribution in [0.25, 0.3) is 0 Å². The smallest absolute Gasteiger partial charge is 0.407 e. The number of aliphatic carboxylic acids is 1. The Morgan fingerprint density at radius 1 is 1.10 bits per heavy atom. The highest BCUT2D eigenvalue weighted by atomic mass is 16.5. The first kappa shape index (κ1) is 24.9. The molecule has 10 nitrogen and oxygen atoms in total. The molecular formula is C20H28N2O8. The fraction of sp³-hybridized carbons (Fsp3) is 0.500. The number of amides is 2. The summed E-state index contributed by atoms with van der Waals surface area (Å²) >= 11 is 0. The highest BCUT2D eigenvalue weighted by molar-refractivity contribution is 5.84. The van der Waals surface area contributed by atoms with Crippen molar-refractivity contribution in [1.82, 2.24) is 10.6 Å². The third-order valence-corrected chi connectivity index (χ3v) is 4.03. The van der Waals surface area contributed by atoms with Crippen LogP contribution in [-0.2, 0) is 30.5 Å². The number of hydrogen-bond acceptors (Lipinski definition) is 7. The number of esters is 1. The highest BCUT2D eigenvalue weighted by Gasteiger charge is 2.27. The molecule has 0 radical (unpaired) electrons. The number of carbonyl (C=O) groups is 4. The van der Waals surface area contributed by atoms with E-state index in [2.05, 4.69) is 10.6 Å². The summed E-state index contributed by atoms with van der Waals surface area (Å²) in [6, 6.07) is 7.70. The molecule has 1 aromatic rings. The maximum atomic E-state index is 12.0. The van der Waals surface area contributed by atoms with Gasteiger partial charge in [0.2, 0.25) is 5.91 Å². The van der Waals surface area contributed by atoms with E-state index >= 15 is 0 Å². The maximum absolute atomic E-state index is 12.0. The lowest BCUT2D eigenvalue weighted by Gasteiger charge is -2.19. The normalized spacial score (nSPS) is 13.4. The van der Waals surface area contributed by atoms with Gasteiger partial charge in [-0.3, -0.25) is 9.59 Å². The highest BCUT2D eigenvalue weighted by Crippen LogP contribution is 2.09. The minimum absolute atomic E-state index is 0.0577. The Bertz CT molecular complexity index is 710. The molecular weight excluding hydrogens is 396 g/mol. The molecule has 1 rings (SSSR count). The van der Waals surface area contributed by atoms with E-state index < -0.39 is 48.4 Å². The van der Waals surface area contributed by atoms with E-state index in [1.165, 1.54) is 6.92 Å². The largest absolute Gasteiger partial charge is 0.480 e. The summed E-state index contributed by atoms with van der Waals surface area (Å²) in [6.45, 7) is 3.11. The van der Waals surface area contributed by atoms with Crippen molar-refractivity contribution in [1.29, 1.82) is 0 Å². The number of aliphatic hydroxyl groups excluding tert-OH is 1. The van der Waals surface area contributed by atoms with Gasteiger partial charge in [-0.2, -0.15) is 0 Å². The van der Waals surface area contributed by atoms with Gasteiger partial charge in [-0.1, -0.05) is 37.3 Å². The Labute approximate surface area is 174 Å². The Balaban J connectivity index is 2.37. The molecule has 0 aromatic heterocycles. The van der Waals surface area contributed by atoms with Crippen LogP contribution in [0.3, 0.4) is 0 Å². The molecule has 0 saturated heterocycles. The third-order valence-electron chi connectivity index (χ3n) is 4.03. The maximum Gasteiger partial charge on any atom is 0.407 e. The van der Waals surface area contributed by atoms with Crippen LogP contribution in [0.15, 0.2) is 30.3 Å². The number of nitrogens with one attached hydrogen (secondary N) is 2. The second kappa shape index (κ2) is 13.2. The molecule has 0 unspecified atom stereocenters. The molecule has 2 amide bonds. The Hall–Kier alpha value is -3.14. The van der Waals surface area contributed by atoms with Gasteiger partial charge in [0.1, 0.15) is 12.6 Å². The molecule has 3 atom stereocenters. The zero-order chi connectivity index (χ0) is 22.5. The first-order chi connectivity index (χ1) is 14.2. The van der Waals surface area contributed by atoms with E-state index in [0.717, 1.165) is 5.56 Å². The van der Waals surface area contributed by atoms with Gasteiger partial charge in [-0.15, -0.1) is 0 Å². The second-order valence-corrected chi connectivity index (χ2v) is 6.65. The second-order valence-electron chi connectivity index (χ2n) is 6.65. The number of rotatable bonds is 12. The van der Waals surface area contributed by atoms with E-state index in [-0.39, 0.29) is 26.2 Å². The number of carbonyl (C=O) groups excluding carboxylic acids is 3. The number of aliphatic hydroxyl groups is 1.